The zero-order chi connectivity index (χ0) is 13.4. The number of hydrogen-bond acceptors (Lipinski definition) is 2. The van der Waals surface area contributed by atoms with Crippen LogP contribution in [0.4, 0.5) is 0 Å². The maximum atomic E-state index is 6.35. The van der Waals surface area contributed by atoms with Gasteiger partial charge in [-0.15, -0.1) is 11.3 Å². The molecule has 0 aliphatic heterocycles. The highest BCUT2D eigenvalue weighted by molar-refractivity contribution is 9.10. The van der Waals surface area contributed by atoms with Gasteiger partial charge in [0.15, 0.2) is 0 Å². The average molecular weight is 332 g/mol. The molecule has 1 unspecified atom stereocenters. The van der Waals surface area contributed by atoms with Gasteiger partial charge in [-0.1, -0.05) is 34.1 Å². The second-order valence-corrected chi connectivity index (χ2v) is 6.75. The van der Waals surface area contributed by atoms with Gasteiger partial charge in [-0.05, 0) is 58.5 Å². The molecule has 2 aromatic carbocycles. The van der Waals surface area contributed by atoms with Crippen LogP contribution in [0.1, 0.15) is 22.0 Å². The molecule has 0 radical (unpaired) electrons. The first-order chi connectivity index (χ1) is 9.13. The molecule has 3 rings (SSSR count). The highest BCUT2D eigenvalue weighted by Gasteiger charge is 2.10. The molecule has 0 bridgehead atoms. The summed E-state index contributed by atoms with van der Waals surface area (Å²) in [4.78, 5) is 1.30. The first-order valence-corrected chi connectivity index (χ1v) is 7.80. The molecule has 19 heavy (non-hydrogen) atoms. The minimum Gasteiger partial charge on any atom is -0.320 e. The molecule has 0 aliphatic carbocycles. The Bertz CT molecular complexity index is 732. The minimum atomic E-state index is -0.0435. The zero-order valence-corrected chi connectivity index (χ0v) is 13.0. The van der Waals surface area contributed by atoms with E-state index in [-0.39, 0.29) is 6.04 Å². The summed E-state index contributed by atoms with van der Waals surface area (Å²) in [5, 5.41) is 4.60. The maximum Gasteiger partial charge on any atom is 0.0560 e. The summed E-state index contributed by atoms with van der Waals surface area (Å²) >= 11 is 5.24. The number of benzene rings is 2. The van der Waals surface area contributed by atoms with Crippen molar-refractivity contribution in [3.8, 4) is 0 Å². The largest absolute Gasteiger partial charge is 0.320 e. The Balaban J connectivity index is 2.03. The van der Waals surface area contributed by atoms with E-state index in [1.807, 2.05) is 0 Å². The van der Waals surface area contributed by atoms with Crippen molar-refractivity contribution in [2.24, 2.45) is 5.73 Å². The topological polar surface area (TPSA) is 26.0 Å². The molecule has 96 valence electrons. The number of aryl methyl sites for hydroxylation is 1. The fourth-order valence-electron chi connectivity index (χ4n) is 2.25. The van der Waals surface area contributed by atoms with Crippen LogP contribution in [0.15, 0.2) is 52.3 Å². The van der Waals surface area contributed by atoms with Crippen LogP contribution in [0, 0.1) is 6.92 Å². The summed E-state index contributed by atoms with van der Waals surface area (Å²) in [6.07, 6.45) is 0. The molecule has 1 atom stereocenters. The Hall–Kier alpha value is -1.16. The van der Waals surface area contributed by atoms with Crippen LogP contribution in [-0.2, 0) is 0 Å². The summed E-state index contributed by atoms with van der Waals surface area (Å²) in [5.74, 6) is 0. The highest BCUT2D eigenvalue weighted by atomic mass is 79.9. The first kappa shape index (κ1) is 12.9. The van der Waals surface area contributed by atoms with Crippen molar-refractivity contribution in [3.63, 3.8) is 0 Å². The summed E-state index contributed by atoms with van der Waals surface area (Å²) in [6, 6.07) is 14.9. The molecule has 0 amide bonds. The van der Waals surface area contributed by atoms with Crippen LogP contribution in [0.5, 0.6) is 0 Å². The Morgan fingerprint density at radius 2 is 1.74 bits per heavy atom. The quantitative estimate of drug-likeness (QED) is 0.700. The number of thiophene rings is 1. The number of halogens is 1. The third-order valence-corrected chi connectivity index (χ3v) is 4.67. The van der Waals surface area contributed by atoms with E-state index in [1.54, 1.807) is 11.3 Å². The van der Waals surface area contributed by atoms with E-state index in [0.29, 0.717) is 0 Å². The van der Waals surface area contributed by atoms with Gasteiger partial charge in [-0.2, -0.15) is 0 Å². The molecule has 0 aliphatic rings. The van der Waals surface area contributed by atoms with Crippen molar-refractivity contribution in [2.45, 2.75) is 13.0 Å². The summed E-state index contributed by atoms with van der Waals surface area (Å²) in [6.45, 7) is 2.11. The van der Waals surface area contributed by atoms with Gasteiger partial charge in [0.25, 0.3) is 0 Å². The van der Waals surface area contributed by atoms with Crippen molar-refractivity contribution in [1.29, 1.82) is 0 Å². The predicted molar refractivity (Wildman–Crippen MR) is 86.7 cm³/mol. The predicted octanol–water partition coefficient (Wildman–Crippen LogP) is 5.02. The number of hydrogen-bond donors (Lipinski definition) is 1. The molecule has 3 aromatic rings. The van der Waals surface area contributed by atoms with E-state index in [9.17, 15) is 0 Å². The van der Waals surface area contributed by atoms with Gasteiger partial charge >= 0.3 is 0 Å². The fourth-order valence-corrected chi connectivity index (χ4v) is 3.37. The van der Waals surface area contributed by atoms with Crippen molar-refractivity contribution in [1.82, 2.24) is 0 Å². The minimum absolute atomic E-state index is 0.0435. The van der Waals surface area contributed by atoms with Crippen LogP contribution in [0.25, 0.3) is 10.8 Å². The lowest BCUT2D eigenvalue weighted by atomic mass is 9.99. The summed E-state index contributed by atoms with van der Waals surface area (Å²) in [7, 11) is 0. The van der Waals surface area contributed by atoms with Gasteiger partial charge in [-0.25, -0.2) is 0 Å². The van der Waals surface area contributed by atoms with Gasteiger partial charge < -0.3 is 5.73 Å². The fraction of sp³-hybridized carbons (Fsp3) is 0.125. The van der Waals surface area contributed by atoms with Gasteiger partial charge in [-0.3, -0.25) is 0 Å². The molecular formula is C16H14BrNS. The van der Waals surface area contributed by atoms with E-state index < -0.39 is 0 Å². The monoisotopic (exact) mass is 331 g/mol. The lowest BCUT2D eigenvalue weighted by molar-refractivity contribution is 0.878. The Morgan fingerprint density at radius 3 is 2.47 bits per heavy atom. The van der Waals surface area contributed by atoms with Crippen molar-refractivity contribution < 1.29 is 0 Å². The van der Waals surface area contributed by atoms with Crippen LogP contribution in [0.3, 0.4) is 0 Å². The molecule has 3 heteroatoms. The molecule has 0 fully saturated rings. The summed E-state index contributed by atoms with van der Waals surface area (Å²) < 4.78 is 1.10. The highest BCUT2D eigenvalue weighted by Crippen LogP contribution is 2.27. The normalized spacial score (nSPS) is 12.8. The van der Waals surface area contributed by atoms with Crippen LogP contribution in [0.2, 0.25) is 0 Å². The van der Waals surface area contributed by atoms with Gasteiger partial charge in [0.1, 0.15) is 0 Å². The van der Waals surface area contributed by atoms with E-state index in [0.717, 1.165) is 10.0 Å². The molecule has 1 aromatic heterocycles. The summed E-state index contributed by atoms with van der Waals surface area (Å²) in [5.41, 5.74) is 8.70. The third-order valence-electron chi connectivity index (χ3n) is 3.30. The molecule has 1 nitrogen and oxygen atoms in total. The smallest absolute Gasteiger partial charge is 0.0560 e. The maximum absolute atomic E-state index is 6.35. The lowest BCUT2D eigenvalue weighted by Gasteiger charge is -2.11. The number of nitrogens with two attached hydrogens (primary N) is 1. The molecular weight excluding hydrogens is 318 g/mol. The Kier molecular flexibility index (Phi) is 3.44. The van der Waals surface area contributed by atoms with Crippen LogP contribution < -0.4 is 5.73 Å². The molecule has 0 saturated carbocycles. The Morgan fingerprint density at radius 1 is 1.00 bits per heavy atom. The molecule has 2 N–H and O–H groups in total. The van der Waals surface area contributed by atoms with E-state index in [4.69, 9.17) is 5.73 Å². The second-order valence-electron chi connectivity index (χ2n) is 4.72. The molecule has 0 saturated heterocycles. The Labute approximate surface area is 125 Å². The standard InChI is InChI=1S/C16H14BrNS/c1-10-6-14(9-19-10)16(18)13-3-2-12-8-15(17)5-4-11(12)7-13/h2-9,16H,18H2,1H3. The zero-order valence-electron chi connectivity index (χ0n) is 10.6. The van der Waals surface area contributed by atoms with Crippen molar-refractivity contribution >= 4 is 38.0 Å². The van der Waals surface area contributed by atoms with Crippen LogP contribution >= 0.6 is 27.3 Å². The average Bonchev–Trinajstić information content (AvgIpc) is 2.84. The number of fused-ring (bicyclic) bond motifs is 1. The van der Waals surface area contributed by atoms with Crippen molar-refractivity contribution in [2.75, 3.05) is 0 Å². The molecule has 1 heterocycles. The van der Waals surface area contributed by atoms with E-state index in [2.05, 4.69) is 70.7 Å². The van der Waals surface area contributed by atoms with Crippen LogP contribution in [-0.4, -0.2) is 0 Å². The SMILES string of the molecule is Cc1cc(C(N)c2ccc3cc(Br)ccc3c2)cs1. The van der Waals surface area contributed by atoms with Gasteiger partial charge in [0.05, 0.1) is 6.04 Å². The first-order valence-electron chi connectivity index (χ1n) is 6.13. The lowest BCUT2D eigenvalue weighted by Crippen LogP contribution is -2.10. The second kappa shape index (κ2) is 5.08. The van der Waals surface area contributed by atoms with Gasteiger partial charge in [0, 0.05) is 9.35 Å². The molecule has 0 spiro atoms. The van der Waals surface area contributed by atoms with E-state index >= 15 is 0 Å². The third kappa shape index (κ3) is 2.59. The number of rotatable bonds is 2. The van der Waals surface area contributed by atoms with E-state index in [1.165, 1.54) is 21.2 Å². The van der Waals surface area contributed by atoms with Crippen molar-refractivity contribution in [3.05, 3.63) is 68.3 Å². The van der Waals surface area contributed by atoms with Gasteiger partial charge in [0.2, 0.25) is 0 Å².